The maximum atomic E-state index is 11.8. The number of hydrogen-bond donors (Lipinski definition) is 1. The molecule has 1 heterocycles. The van der Waals surface area contributed by atoms with Crippen LogP contribution in [0.2, 0.25) is 0 Å². The third kappa shape index (κ3) is 4.78. The fraction of sp³-hybridized carbons (Fsp3) is 0.750. The van der Waals surface area contributed by atoms with Crippen LogP contribution in [-0.4, -0.2) is 44.5 Å². The van der Waals surface area contributed by atoms with Gasteiger partial charge in [0.15, 0.2) is 0 Å². The van der Waals surface area contributed by atoms with Gasteiger partial charge >= 0.3 is 0 Å². The lowest BCUT2D eigenvalue weighted by Gasteiger charge is -2.29. The van der Waals surface area contributed by atoms with Crippen LogP contribution < -0.4 is 5.32 Å². The number of nitrogens with one attached hydrogen (secondary N) is 1. The van der Waals surface area contributed by atoms with E-state index in [0.717, 1.165) is 6.42 Å². The lowest BCUT2D eigenvalue weighted by atomic mass is 9.97. The molecule has 1 amide bonds. The van der Waals surface area contributed by atoms with Gasteiger partial charge in [-0.3, -0.25) is 4.79 Å². The highest BCUT2D eigenvalue weighted by Gasteiger charge is 2.28. The van der Waals surface area contributed by atoms with Crippen LogP contribution in [0, 0.1) is 5.92 Å². The standard InChI is InChI=1S/C12H22N2O3S/c1-3-4-5-8-13-12(15)11-6-9-14(10-7-11)18(2,16)17/h3-4,11H,5-10H2,1-2H3,(H,13,15)/b4-3+. The van der Waals surface area contributed by atoms with Crippen molar-refractivity contribution in [2.24, 2.45) is 5.92 Å². The lowest BCUT2D eigenvalue weighted by molar-refractivity contribution is -0.126. The van der Waals surface area contributed by atoms with Gasteiger partial charge in [-0.05, 0) is 26.2 Å². The number of allylic oxidation sites excluding steroid dienone is 1. The van der Waals surface area contributed by atoms with Crippen molar-refractivity contribution in [3.05, 3.63) is 12.2 Å². The van der Waals surface area contributed by atoms with E-state index in [1.165, 1.54) is 10.6 Å². The average molecular weight is 274 g/mol. The van der Waals surface area contributed by atoms with E-state index in [9.17, 15) is 13.2 Å². The normalized spacial score (nSPS) is 19.2. The van der Waals surface area contributed by atoms with Gasteiger partial charge in [0, 0.05) is 25.6 Å². The molecule has 6 heteroatoms. The molecule has 0 aromatic carbocycles. The Morgan fingerprint density at radius 3 is 2.50 bits per heavy atom. The van der Waals surface area contributed by atoms with Crippen LogP contribution >= 0.6 is 0 Å². The smallest absolute Gasteiger partial charge is 0.223 e. The fourth-order valence-corrected chi connectivity index (χ4v) is 2.91. The van der Waals surface area contributed by atoms with Crippen LogP contribution in [0.3, 0.4) is 0 Å². The molecular formula is C12H22N2O3S. The molecular weight excluding hydrogens is 252 g/mol. The third-order valence-corrected chi connectivity index (χ3v) is 4.44. The van der Waals surface area contributed by atoms with Gasteiger partial charge < -0.3 is 5.32 Å². The summed E-state index contributed by atoms with van der Waals surface area (Å²) in [6, 6.07) is 0. The van der Waals surface area contributed by atoms with Crippen molar-refractivity contribution in [2.45, 2.75) is 26.2 Å². The summed E-state index contributed by atoms with van der Waals surface area (Å²) in [6.45, 7) is 3.50. The van der Waals surface area contributed by atoms with E-state index in [4.69, 9.17) is 0 Å². The Hall–Kier alpha value is -0.880. The third-order valence-electron chi connectivity index (χ3n) is 3.14. The number of amides is 1. The molecule has 1 saturated heterocycles. The topological polar surface area (TPSA) is 66.5 Å². The molecule has 0 saturated carbocycles. The minimum atomic E-state index is -3.11. The summed E-state index contributed by atoms with van der Waals surface area (Å²) in [5, 5.41) is 2.88. The second-order valence-corrected chi connectivity index (χ2v) is 6.57. The van der Waals surface area contributed by atoms with E-state index >= 15 is 0 Å². The highest BCUT2D eigenvalue weighted by atomic mass is 32.2. The first kappa shape index (κ1) is 15.2. The number of carbonyl (C=O) groups excluding carboxylic acids is 1. The summed E-state index contributed by atoms with van der Waals surface area (Å²) in [7, 11) is -3.11. The van der Waals surface area contributed by atoms with Gasteiger partial charge in [-0.25, -0.2) is 12.7 Å². The summed E-state index contributed by atoms with van der Waals surface area (Å²) in [4.78, 5) is 11.8. The molecule has 1 fully saturated rings. The molecule has 0 spiro atoms. The molecule has 0 aromatic rings. The number of carbonyl (C=O) groups is 1. The highest BCUT2D eigenvalue weighted by Crippen LogP contribution is 2.19. The van der Waals surface area contributed by atoms with E-state index in [0.29, 0.717) is 32.5 Å². The van der Waals surface area contributed by atoms with Crippen molar-refractivity contribution >= 4 is 15.9 Å². The molecule has 1 N–H and O–H groups in total. The van der Waals surface area contributed by atoms with E-state index in [2.05, 4.69) is 5.32 Å². The molecule has 104 valence electrons. The van der Waals surface area contributed by atoms with Gasteiger partial charge in [0.1, 0.15) is 0 Å². The number of nitrogens with zero attached hydrogens (tertiary/aromatic N) is 1. The zero-order valence-electron chi connectivity index (χ0n) is 11.1. The molecule has 0 radical (unpaired) electrons. The zero-order chi connectivity index (χ0) is 13.6. The molecule has 0 atom stereocenters. The Labute approximate surface area is 109 Å². The number of rotatable bonds is 5. The molecule has 1 aliphatic heterocycles. The summed E-state index contributed by atoms with van der Waals surface area (Å²) >= 11 is 0. The molecule has 0 aliphatic carbocycles. The minimum Gasteiger partial charge on any atom is -0.356 e. The van der Waals surface area contributed by atoms with Crippen molar-refractivity contribution in [3.63, 3.8) is 0 Å². The zero-order valence-corrected chi connectivity index (χ0v) is 11.9. The monoisotopic (exact) mass is 274 g/mol. The highest BCUT2D eigenvalue weighted by molar-refractivity contribution is 7.88. The molecule has 1 aliphatic rings. The number of sulfonamides is 1. The molecule has 5 nitrogen and oxygen atoms in total. The van der Waals surface area contributed by atoms with Crippen LogP contribution in [-0.2, 0) is 14.8 Å². The largest absolute Gasteiger partial charge is 0.356 e. The van der Waals surface area contributed by atoms with Crippen LogP contribution in [0.15, 0.2) is 12.2 Å². The molecule has 0 bridgehead atoms. The summed E-state index contributed by atoms with van der Waals surface area (Å²) in [6.07, 6.45) is 7.24. The average Bonchev–Trinajstić information content (AvgIpc) is 2.33. The summed E-state index contributed by atoms with van der Waals surface area (Å²) in [5.74, 6) is 0.00117. The van der Waals surface area contributed by atoms with E-state index in [1.807, 2.05) is 19.1 Å². The summed E-state index contributed by atoms with van der Waals surface area (Å²) < 4.78 is 24.1. The Bertz CT molecular complexity index is 396. The molecule has 0 unspecified atom stereocenters. The van der Waals surface area contributed by atoms with Gasteiger partial charge in [-0.2, -0.15) is 0 Å². The van der Waals surface area contributed by atoms with Crippen LogP contribution in [0.4, 0.5) is 0 Å². The van der Waals surface area contributed by atoms with Gasteiger partial charge in [0.05, 0.1) is 6.26 Å². The van der Waals surface area contributed by atoms with E-state index in [1.54, 1.807) is 0 Å². The lowest BCUT2D eigenvalue weighted by Crippen LogP contribution is -2.42. The van der Waals surface area contributed by atoms with Crippen molar-refractivity contribution in [1.82, 2.24) is 9.62 Å². The first-order chi connectivity index (χ1) is 8.45. The van der Waals surface area contributed by atoms with Gasteiger partial charge in [0.2, 0.25) is 15.9 Å². The van der Waals surface area contributed by atoms with Crippen LogP contribution in [0.25, 0.3) is 0 Å². The van der Waals surface area contributed by atoms with Crippen LogP contribution in [0.5, 0.6) is 0 Å². The summed E-state index contributed by atoms with van der Waals surface area (Å²) in [5.41, 5.74) is 0. The van der Waals surface area contributed by atoms with Crippen molar-refractivity contribution in [1.29, 1.82) is 0 Å². The van der Waals surface area contributed by atoms with Gasteiger partial charge in [0.25, 0.3) is 0 Å². The Kier molecular flexibility index (Phi) is 5.81. The Morgan fingerprint density at radius 2 is 2.00 bits per heavy atom. The molecule has 1 rings (SSSR count). The quantitative estimate of drug-likeness (QED) is 0.594. The SMILES string of the molecule is C/C=C/CCNC(=O)C1CCN(S(C)(=O)=O)CC1. The van der Waals surface area contributed by atoms with Crippen molar-refractivity contribution in [3.8, 4) is 0 Å². The minimum absolute atomic E-state index is 0.0476. The van der Waals surface area contributed by atoms with E-state index in [-0.39, 0.29) is 11.8 Å². The number of piperidine rings is 1. The van der Waals surface area contributed by atoms with E-state index < -0.39 is 10.0 Å². The van der Waals surface area contributed by atoms with Gasteiger partial charge in [-0.1, -0.05) is 12.2 Å². The van der Waals surface area contributed by atoms with Crippen molar-refractivity contribution in [2.75, 3.05) is 25.9 Å². The maximum absolute atomic E-state index is 11.8. The molecule has 18 heavy (non-hydrogen) atoms. The Balaban J connectivity index is 2.32. The fourth-order valence-electron chi connectivity index (χ4n) is 2.04. The maximum Gasteiger partial charge on any atom is 0.223 e. The molecule has 0 aromatic heterocycles. The van der Waals surface area contributed by atoms with Gasteiger partial charge in [-0.15, -0.1) is 0 Å². The second-order valence-electron chi connectivity index (χ2n) is 4.59. The predicted octanol–water partition coefficient (Wildman–Crippen LogP) is 0.740. The first-order valence-corrected chi connectivity index (χ1v) is 8.14. The number of hydrogen-bond acceptors (Lipinski definition) is 3. The first-order valence-electron chi connectivity index (χ1n) is 6.29. The van der Waals surface area contributed by atoms with Crippen molar-refractivity contribution < 1.29 is 13.2 Å². The second kappa shape index (κ2) is 6.89. The predicted molar refractivity (Wildman–Crippen MR) is 71.6 cm³/mol. The Morgan fingerprint density at radius 1 is 1.39 bits per heavy atom. The van der Waals surface area contributed by atoms with Crippen LogP contribution in [0.1, 0.15) is 26.2 Å².